The number of nitrogens with zero attached hydrogens (tertiary/aromatic N) is 3. The van der Waals surface area contributed by atoms with Gasteiger partial charge in [-0.25, -0.2) is 9.78 Å². The van der Waals surface area contributed by atoms with Crippen molar-refractivity contribution in [1.82, 2.24) is 15.2 Å². The molecule has 1 aromatic carbocycles. The van der Waals surface area contributed by atoms with Gasteiger partial charge in [-0.15, -0.1) is 0 Å². The maximum atomic E-state index is 12.5. The molecule has 0 saturated heterocycles. The minimum absolute atomic E-state index is 0.0766. The van der Waals surface area contributed by atoms with Gasteiger partial charge in [-0.2, -0.15) is 0 Å². The molecule has 27 heavy (non-hydrogen) atoms. The number of rotatable bonds is 2. The molecule has 0 unspecified atom stereocenters. The number of hydrogen-bond acceptors (Lipinski definition) is 7. The van der Waals surface area contributed by atoms with Crippen LogP contribution in [0.1, 0.15) is 57.5 Å². The highest BCUT2D eigenvalue weighted by Crippen LogP contribution is 2.29. The molecule has 1 aliphatic rings. The standard InChI is InChI=1S/C19H15N3O5/c1-19(2,3)14-13-8-10(9-20-15(13)26-21-14)18(25)27-22-16(23)11-6-4-5-7-12(11)17(22)24/h4-9H,1-3H3. The lowest BCUT2D eigenvalue weighted by Crippen LogP contribution is -2.32. The second kappa shape index (κ2) is 5.73. The first kappa shape index (κ1) is 16.9. The molecule has 0 atom stereocenters. The molecule has 136 valence electrons. The summed E-state index contributed by atoms with van der Waals surface area (Å²) in [5.74, 6) is -2.24. The smallest absolute Gasteiger partial charge is 0.336 e. The van der Waals surface area contributed by atoms with Crippen molar-refractivity contribution in [2.45, 2.75) is 26.2 Å². The van der Waals surface area contributed by atoms with Gasteiger partial charge >= 0.3 is 5.97 Å². The first-order chi connectivity index (χ1) is 12.8. The van der Waals surface area contributed by atoms with E-state index in [9.17, 15) is 14.4 Å². The number of aromatic nitrogens is 2. The lowest BCUT2D eigenvalue weighted by atomic mass is 9.90. The highest BCUT2D eigenvalue weighted by Gasteiger charge is 2.39. The van der Waals surface area contributed by atoms with Crippen LogP contribution in [0.3, 0.4) is 0 Å². The lowest BCUT2D eigenvalue weighted by Gasteiger charge is -2.15. The summed E-state index contributed by atoms with van der Waals surface area (Å²) in [6.45, 7) is 5.86. The molecule has 0 bridgehead atoms. The van der Waals surface area contributed by atoms with Gasteiger partial charge in [-0.3, -0.25) is 9.59 Å². The van der Waals surface area contributed by atoms with Gasteiger partial charge in [-0.1, -0.05) is 43.1 Å². The first-order valence-electron chi connectivity index (χ1n) is 8.23. The van der Waals surface area contributed by atoms with Crippen LogP contribution in [0, 0.1) is 0 Å². The Hall–Kier alpha value is -3.55. The third kappa shape index (κ3) is 2.66. The minimum Gasteiger partial charge on any atom is -0.336 e. The molecule has 4 rings (SSSR count). The molecule has 3 aromatic rings. The Kier molecular flexibility index (Phi) is 3.59. The summed E-state index contributed by atoms with van der Waals surface area (Å²) in [5, 5.41) is 5.05. The molecule has 0 fully saturated rings. The molecule has 8 nitrogen and oxygen atoms in total. The molecule has 2 aromatic heterocycles. The van der Waals surface area contributed by atoms with Gasteiger partial charge in [0.25, 0.3) is 17.5 Å². The predicted octanol–water partition coefficient (Wildman–Crippen LogP) is 2.89. The average molecular weight is 365 g/mol. The second-order valence-electron chi connectivity index (χ2n) is 7.19. The van der Waals surface area contributed by atoms with Crippen LogP contribution < -0.4 is 0 Å². The summed E-state index contributed by atoms with van der Waals surface area (Å²) in [6, 6.07) is 7.80. The van der Waals surface area contributed by atoms with E-state index in [1.807, 2.05) is 20.8 Å². The summed E-state index contributed by atoms with van der Waals surface area (Å²) in [7, 11) is 0. The van der Waals surface area contributed by atoms with Crippen molar-refractivity contribution >= 4 is 28.9 Å². The van der Waals surface area contributed by atoms with Crippen LogP contribution in [0.2, 0.25) is 0 Å². The summed E-state index contributed by atoms with van der Waals surface area (Å²) < 4.78 is 5.19. The summed E-state index contributed by atoms with van der Waals surface area (Å²) >= 11 is 0. The van der Waals surface area contributed by atoms with E-state index in [0.29, 0.717) is 16.1 Å². The van der Waals surface area contributed by atoms with Gasteiger partial charge in [0.2, 0.25) is 0 Å². The van der Waals surface area contributed by atoms with E-state index < -0.39 is 17.8 Å². The second-order valence-corrected chi connectivity index (χ2v) is 7.19. The monoisotopic (exact) mass is 365 g/mol. The van der Waals surface area contributed by atoms with Crippen molar-refractivity contribution in [2.75, 3.05) is 0 Å². The third-order valence-electron chi connectivity index (χ3n) is 4.21. The number of carbonyl (C=O) groups excluding carboxylic acids is 3. The van der Waals surface area contributed by atoms with Gasteiger partial charge in [0.15, 0.2) is 0 Å². The van der Waals surface area contributed by atoms with E-state index in [1.54, 1.807) is 12.1 Å². The van der Waals surface area contributed by atoms with Gasteiger partial charge < -0.3 is 9.36 Å². The van der Waals surface area contributed by atoms with Crippen molar-refractivity contribution in [1.29, 1.82) is 0 Å². The Morgan fingerprint density at radius 3 is 2.33 bits per heavy atom. The van der Waals surface area contributed by atoms with E-state index in [2.05, 4.69) is 10.1 Å². The van der Waals surface area contributed by atoms with Crippen LogP contribution in [-0.2, 0) is 10.3 Å². The van der Waals surface area contributed by atoms with E-state index in [1.165, 1.54) is 24.4 Å². The fourth-order valence-electron chi connectivity index (χ4n) is 2.87. The van der Waals surface area contributed by atoms with E-state index in [0.717, 1.165) is 0 Å². The number of hydrogen-bond donors (Lipinski definition) is 0. The number of fused-ring (bicyclic) bond motifs is 2. The molecule has 0 aliphatic carbocycles. The molecule has 1 aliphatic heterocycles. The van der Waals surface area contributed by atoms with Gasteiger partial charge in [0, 0.05) is 11.6 Å². The number of imide groups is 1. The molecule has 2 amide bonds. The zero-order chi connectivity index (χ0) is 19.3. The Morgan fingerprint density at radius 2 is 1.74 bits per heavy atom. The van der Waals surface area contributed by atoms with Crippen LogP contribution in [0.4, 0.5) is 0 Å². The molecule has 0 N–H and O–H groups in total. The molecule has 3 heterocycles. The predicted molar refractivity (Wildman–Crippen MR) is 92.9 cm³/mol. The quantitative estimate of drug-likeness (QED) is 0.643. The van der Waals surface area contributed by atoms with E-state index in [4.69, 9.17) is 9.36 Å². The molecular formula is C19H15N3O5. The van der Waals surface area contributed by atoms with Gasteiger partial charge in [0.05, 0.1) is 27.8 Å². The number of benzene rings is 1. The number of hydroxylamine groups is 2. The Bertz CT molecular complexity index is 1070. The highest BCUT2D eigenvalue weighted by molar-refractivity contribution is 6.21. The van der Waals surface area contributed by atoms with Crippen molar-refractivity contribution in [3.8, 4) is 0 Å². The summed E-state index contributed by atoms with van der Waals surface area (Å²) in [4.78, 5) is 46.3. The van der Waals surface area contributed by atoms with E-state index in [-0.39, 0.29) is 27.8 Å². The molecule has 8 heteroatoms. The molecule has 0 radical (unpaired) electrons. The van der Waals surface area contributed by atoms with Crippen LogP contribution >= 0.6 is 0 Å². The largest absolute Gasteiger partial charge is 0.365 e. The van der Waals surface area contributed by atoms with Crippen LogP contribution in [0.5, 0.6) is 0 Å². The zero-order valence-corrected chi connectivity index (χ0v) is 14.8. The van der Waals surface area contributed by atoms with Crippen LogP contribution in [0.15, 0.2) is 41.1 Å². The highest BCUT2D eigenvalue weighted by atomic mass is 16.7. The number of amides is 2. The Labute approximate surface area is 153 Å². The molecular weight excluding hydrogens is 350 g/mol. The maximum absolute atomic E-state index is 12.5. The van der Waals surface area contributed by atoms with Crippen molar-refractivity contribution < 1.29 is 23.7 Å². The molecule has 0 saturated carbocycles. The zero-order valence-electron chi connectivity index (χ0n) is 14.8. The summed E-state index contributed by atoms with van der Waals surface area (Å²) in [5.41, 5.74) is 1.07. The fourth-order valence-corrected chi connectivity index (χ4v) is 2.87. The topological polar surface area (TPSA) is 103 Å². The minimum atomic E-state index is -0.875. The van der Waals surface area contributed by atoms with Gasteiger partial charge in [-0.05, 0) is 18.2 Å². The number of carbonyl (C=O) groups is 3. The van der Waals surface area contributed by atoms with Crippen molar-refractivity contribution in [3.05, 3.63) is 58.9 Å². The van der Waals surface area contributed by atoms with E-state index >= 15 is 0 Å². The van der Waals surface area contributed by atoms with Crippen LogP contribution in [0.25, 0.3) is 11.1 Å². The Morgan fingerprint density at radius 1 is 1.11 bits per heavy atom. The van der Waals surface area contributed by atoms with Crippen molar-refractivity contribution in [3.63, 3.8) is 0 Å². The van der Waals surface area contributed by atoms with Gasteiger partial charge in [0.1, 0.15) is 0 Å². The maximum Gasteiger partial charge on any atom is 0.365 e. The molecule has 0 spiro atoms. The number of pyridine rings is 1. The Balaban J connectivity index is 1.65. The normalized spacial score (nSPS) is 14.0. The fraction of sp³-hybridized carbons (Fsp3) is 0.211. The third-order valence-corrected chi connectivity index (χ3v) is 4.21. The summed E-state index contributed by atoms with van der Waals surface area (Å²) in [6.07, 6.45) is 1.25. The lowest BCUT2D eigenvalue weighted by molar-refractivity contribution is -0.0584. The SMILES string of the molecule is CC(C)(C)c1noc2ncc(C(=O)ON3C(=O)c4ccccc4C3=O)cc12. The van der Waals surface area contributed by atoms with Crippen molar-refractivity contribution in [2.24, 2.45) is 0 Å². The van der Waals surface area contributed by atoms with Crippen LogP contribution in [-0.4, -0.2) is 33.0 Å². The average Bonchev–Trinajstić information content (AvgIpc) is 3.17. The first-order valence-corrected chi connectivity index (χ1v) is 8.23.